The summed E-state index contributed by atoms with van der Waals surface area (Å²) in [5, 5.41) is 12.2. The summed E-state index contributed by atoms with van der Waals surface area (Å²) in [5.74, 6) is 0.905. The van der Waals surface area contributed by atoms with Crippen LogP contribution < -0.4 is 0 Å². The van der Waals surface area contributed by atoms with Crippen molar-refractivity contribution in [1.29, 1.82) is 0 Å². The van der Waals surface area contributed by atoms with E-state index in [4.69, 9.17) is 14.1 Å². The number of aliphatic imine (C=N–C) groups is 1. The Kier molecular flexibility index (Phi) is 5.11. The number of phenols is 1. The molecule has 2 aromatic heterocycles. The summed E-state index contributed by atoms with van der Waals surface area (Å²) in [6, 6.07) is 3.48. The van der Waals surface area contributed by atoms with E-state index in [0.717, 1.165) is 73.7 Å². The number of ether oxygens (including phenoxy) is 1. The van der Waals surface area contributed by atoms with Crippen molar-refractivity contribution >= 4 is 39.5 Å². The number of hydrogen-bond acceptors (Lipinski definition) is 6. The molecular formula is C24H25NO4S. The first-order valence-electron chi connectivity index (χ1n) is 10.8. The number of aryl methyl sites for hydroxylation is 3. The molecule has 6 heteroatoms. The molecule has 2 aliphatic rings. The largest absolute Gasteiger partial charge is 0.507 e. The fourth-order valence-corrected chi connectivity index (χ4v) is 5.90. The van der Waals surface area contributed by atoms with Crippen LogP contribution in [0.1, 0.15) is 70.3 Å². The van der Waals surface area contributed by atoms with Crippen molar-refractivity contribution in [2.75, 3.05) is 6.61 Å². The summed E-state index contributed by atoms with van der Waals surface area (Å²) in [6.07, 6.45) is 9.94. The molecule has 5 nitrogen and oxygen atoms in total. The van der Waals surface area contributed by atoms with Crippen LogP contribution in [0.25, 0.3) is 11.0 Å². The number of nitrogens with zero attached hydrogens (tertiary/aromatic N) is 1. The lowest BCUT2D eigenvalue weighted by Crippen LogP contribution is -2.09. The van der Waals surface area contributed by atoms with Gasteiger partial charge in [-0.15, -0.1) is 11.3 Å². The van der Waals surface area contributed by atoms with E-state index in [1.165, 1.54) is 10.4 Å². The molecule has 0 atom stereocenters. The Morgan fingerprint density at radius 3 is 2.77 bits per heavy atom. The fraction of sp³-hybridized carbons (Fsp3) is 0.417. The van der Waals surface area contributed by atoms with Crippen molar-refractivity contribution in [2.45, 2.75) is 58.3 Å². The molecule has 0 spiro atoms. The number of benzene rings is 1. The average molecular weight is 424 g/mol. The van der Waals surface area contributed by atoms with E-state index in [9.17, 15) is 9.90 Å². The summed E-state index contributed by atoms with van der Waals surface area (Å²) >= 11 is 1.57. The van der Waals surface area contributed by atoms with Gasteiger partial charge < -0.3 is 14.3 Å². The predicted molar refractivity (Wildman–Crippen MR) is 119 cm³/mol. The van der Waals surface area contributed by atoms with E-state index in [1.807, 2.05) is 13.0 Å². The molecule has 0 bridgehead atoms. The van der Waals surface area contributed by atoms with Gasteiger partial charge in [-0.25, -0.2) is 9.79 Å². The summed E-state index contributed by atoms with van der Waals surface area (Å²) < 4.78 is 11.4. The average Bonchev–Trinajstić information content (AvgIpc) is 3.31. The highest BCUT2D eigenvalue weighted by molar-refractivity contribution is 7.16. The molecule has 0 amide bonds. The number of aromatic hydroxyl groups is 1. The maximum atomic E-state index is 12.7. The molecule has 0 radical (unpaired) electrons. The zero-order valence-corrected chi connectivity index (χ0v) is 17.9. The van der Waals surface area contributed by atoms with Crippen LogP contribution in [-0.2, 0) is 30.4 Å². The third kappa shape index (κ3) is 3.23. The van der Waals surface area contributed by atoms with Crippen molar-refractivity contribution in [2.24, 2.45) is 4.99 Å². The first-order valence-corrected chi connectivity index (χ1v) is 11.6. The van der Waals surface area contributed by atoms with E-state index in [-0.39, 0.29) is 11.7 Å². The Hall–Kier alpha value is -2.60. The standard InChI is InChI=1S/C24H25NO4S/c1-2-28-24(27)22-15-8-4-6-10-20(15)30-23(22)25-13-16-17(26)11-12-19-21(16)14-7-3-5-9-18(14)29-19/h11-13,26H,2-10H2,1H3. The topological polar surface area (TPSA) is 72.0 Å². The quantitative estimate of drug-likeness (QED) is 0.420. The Morgan fingerprint density at radius 2 is 1.93 bits per heavy atom. The van der Waals surface area contributed by atoms with Crippen LogP contribution in [0.5, 0.6) is 5.75 Å². The maximum absolute atomic E-state index is 12.7. The molecule has 1 aromatic carbocycles. The van der Waals surface area contributed by atoms with Crippen LogP contribution >= 0.6 is 11.3 Å². The van der Waals surface area contributed by atoms with Crippen LogP contribution in [0.2, 0.25) is 0 Å². The van der Waals surface area contributed by atoms with Crippen molar-refractivity contribution in [3.05, 3.63) is 45.0 Å². The molecular weight excluding hydrogens is 398 g/mol. The molecule has 156 valence electrons. The van der Waals surface area contributed by atoms with Crippen LogP contribution in [-0.4, -0.2) is 23.9 Å². The summed E-state index contributed by atoms with van der Waals surface area (Å²) in [6.45, 7) is 2.16. The number of thiophene rings is 1. The second-order valence-corrected chi connectivity index (χ2v) is 9.04. The molecule has 2 heterocycles. The zero-order chi connectivity index (χ0) is 20.7. The Morgan fingerprint density at radius 1 is 1.17 bits per heavy atom. The lowest BCUT2D eigenvalue weighted by atomic mass is 9.94. The minimum absolute atomic E-state index is 0.180. The van der Waals surface area contributed by atoms with Crippen LogP contribution in [0.4, 0.5) is 5.00 Å². The first-order chi connectivity index (χ1) is 14.7. The third-order valence-electron chi connectivity index (χ3n) is 6.08. The van der Waals surface area contributed by atoms with Gasteiger partial charge in [-0.1, -0.05) is 0 Å². The Labute approximate surface area is 179 Å². The normalized spacial score (nSPS) is 16.0. The minimum atomic E-state index is -0.299. The van der Waals surface area contributed by atoms with Gasteiger partial charge in [0.25, 0.3) is 0 Å². The summed E-state index contributed by atoms with van der Waals surface area (Å²) in [4.78, 5) is 18.6. The van der Waals surface area contributed by atoms with Gasteiger partial charge >= 0.3 is 5.97 Å². The number of furan rings is 1. The van der Waals surface area contributed by atoms with Gasteiger partial charge in [-0.05, 0) is 69.6 Å². The van der Waals surface area contributed by atoms with Crippen molar-refractivity contribution in [1.82, 2.24) is 0 Å². The third-order valence-corrected chi connectivity index (χ3v) is 7.28. The lowest BCUT2D eigenvalue weighted by molar-refractivity contribution is 0.0526. The van der Waals surface area contributed by atoms with Gasteiger partial charge in [0.15, 0.2) is 0 Å². The van der Waals surface area contributed by atoms with Crippen LogP contribution in [0.3, 0.4) is 0 Å². The second-order valence-electron chi connectivity index (χ2n) is 7.95. The highest BCUT2D eigenvalue weighted by Crippen LogP contribution is 2.41. The number of carbonyl (C=O) groups excluding carboxylic acids is 1. The molecule has 2 aliphatic carbocycles. The molecule has 1 N–H and O–H groups in total. The molecule has 0 saturated heterocycles. The Balaban J connectivity index is 1.62. The van der Waals surface area contributed by atoms with Gasteiger partial charge in [0.05, 0.1) is 12.2 Å². The highest BCUT2D eigenvalue weighted by atomic mass is 32.1. The van der Waals surface area contributed by atoms with Gasteiger partial charge in [-0.2, -0.15) is 0 Å². The fourth-order valence-electron chi connectivity index (χ4n) is 4.68. The van der Waals surface area contributed by atoms with E-state index in [2.05, 4.69) is 0 Å². The van der Waals surface area contributed by atoms with E-state index in [1.54, 1.807) is 23.6 Å². The molecule has 0 aliphatic heterocycles. The maximum Gasteiger partial charge on any atom is 0.341 e. The monoisotopic (exact) mass is 423 g/mol. The number of carbonyl (C=O) groups is 1. The molecule has 5 rings (SSSR count). The van der Waals surface area contributed by atoms with E-state index in [0.29, 0.717) is 22.7 Å². The molecule has 30 heavy (non-hydrogen) atoms. The summed E-state index contributed by atoms with van der Waals surface area (Å²) in [7, 11) is 0. The highest BCUT2D eigenvalue weighted by Gasteiger charge is 2.26. The van der Waals surface area contributed by atoms with Gasteiger partial charge in [-0.3, -0.25) is 0 Å². The van der Waals surface area contributed by atoms with Crippen molar-refractivity contribution in [3.63, 3.8) is 0 Å². The summed E-state index contributed by atoms with van der Waals surface area (Å²) in [5.41, 5.74) is 4.34. The smallest absolute Gasteiger partial charge is 0.341 e. The number of fused-ring (bicyclic) bond motifs is 4. The number of phenolic OH excluding ortho intramolecular Hbond substituents is 1. The number of rotatable bonds is 4. The number of hydrogen-bond donors (Lipinski definition) is 1. The second kappa shape index (κ2) is 7.91. The van der Waals surface area contributed by atoms with Crippen LogP contribution in [0.15, 0.2) is 21.5 Å². The number of esters is 1. The van der Waals surface area contributed by atoms with Gasteiger partial charge in [0.2, 0.25) is 0 Å². The molecule has 0 fully saturated rings. The SMILES string of the molecule is CCOC(=O)c1c(N=Cc2c(O)ccc3oc4c(c23)CCCC4)sc2c1CCCC2. The van der Waals surface area contributed by atoms with Gasteiger partial charge in [0.1, 0.15) is 22.1 Å². The van der Waals surface area contributed by atoms with Crippen LogP contribution in [0, 0.1) is 0 Å². The zero-order valence-electron chi connectivity index (χ0n) is 17.1. The minimum Gasteiger partial charge on any atom is -0.507 e. The molecule has 0 saturated carbocycles. The van der Waals surface area contributed by atoms with E-state index < -0.39 is 0 Å². The van der Waals surface area contributed by atoms with Gasteiger partial charge in [0, 0.05) is 34.0 Å². The predicted octanol–water partition coefficient (Wildman–Crippen LogP) is 5.88. The molecule has 3 aromatic rings. The molecule has 0 unspecified atom stereocenters. The van der Waals surface area contributed by atoms with Crippen molar-refractivity contribution < 1.29 is 19.1 Å². The first kappa shape index (κ1) is 19.4. The van der Waals surface area contributed by atoms with E-state index >= 15 is 0 Å². The lowest BCUT2D eigenvalue weighted by Gasteiger charge is -2.11. The Bertz CT molecular complexity index is 1150. The van der Waals surface area contributed by atoms with Crippen molar-refractivity contribution in [3.8, 4) is 5.75 Å².